The Kier molecular flexibility index (Phi) is 7.10. The maximum atomic E-state index is 13.2. The third-order valence-electron chi connectivity index (χ3n) is 5.91. The van der Waals surface area contributed by atoms with Crippen molar-refractivity contribution >= 4 is 23.4 Å². The van der Waals surface area contributed by atoms with Gasteiger partial charge in [0.2, 0.25) is 5.91 Å². The maximum Gasteiger partial charge on any atom is 0.257 e. The molecule has 6 nitrogen and oxygen atoms in total. The van der Waals surface area contributed by atoms with Gasteiger partial charge in [0.1, 0.15) is 12.4 Å². The largest absolute Gasteiger partial charge is 0.488 e. The smallest absolute Gasteiger partial charge is 0.257 e. The van der Waals surface area contributed by atoms with Crippen LogP contribution in [0.25, 0.3) is 0 Å². The van der Waals surface area contributed by atoms with Gasteiger partial charge in [-0.2, -0.15) is 0 Å². The van der Waals surface area contributed by atoms with E-state index in [1.165, 1.54) is 0 Å². The van der Waals surface area contributed by atoms with E-state index in [4.69, 9.17) is 21.1 Å². The normalized spacial score (nSPS) is 17.5. The highest BCUT2D eigenvalue weighted by Crippen LogP contribution is 2.26. The standard InChI is InChI=1S/C24H27ClN2O4/c25-21-7-3-1-5-19(21)17-31-22-8-4-2-6-20(22)24(29)26-11-9-18(10-12-26)23(28)27-13-15-30-16-14-27/h1-8,18H,9-17H2. The van der Waals surface area contributed by atoms with Gasteiger partial charge in [-0.1, -0.05) is 41.9 Å². The van der Waals surface area contributed by atoms with Crippen LogP contribution < -0.4 is 4.74 Å². The Hall–Kier alpha value is -2.57. The number of hydrogen-bond acceptors (Lipinski definition) is 4. The van der Waals surface area contributed by atoms with Crippen LogP contribution >= 0.6 is 11.6 Å². The number of carbonyl (C=O) groups excluding carboxylic acids is 2. The number of halogens is 1. The van der Waals surface area contributed by atoms with Crippen LogP contribution in [0.5, 0.6) is 5.75 Å². The van der Waals surface area contributed by atoms with Crippen molar-refractivity contribution in [2.24, 2.45) is 5.92 Å². The molecule has 0 atom stereocenters. The number of para-hydroxylation sites is 1. The Bertz CT molecular complexity index is 921. The molecule has 0 spiro atoms. The minimum atomic E-state index is -0.0629. The van der Waals surface area contributed by atoms with Crippen LogP contribution in [-0.4, -0.2) is 61.0 Å². The Morgan fingerprint density at radius 3 is 2.35 bits per heavy atom. The second-order valence-electron chi connectivity index (χ2n) is 7.88. The quantitative estimate of drug-likeness (QED) is 0.709. The molecule has 0 bridgehead atoms. The first kappa shape index (κ1) is 21.7. The summed E-state index contributed by atoms with van der Waals surface area (Å²) < 4.78 is 11.3. The molecular formula is C24H27ClN2O4. The molecule has 2 aromatic carbocycles. The molecule has 2 saturated heterocycles. The molecule has 0 N–H and O–H groups in total. The van der Waals surface area contributed by atoms with E-state index in [-0.39, 0.29) is 17.7 Å². The fraction of sp³-hybridized carbons (Fsp3) is 0.417. The number of nitrogens with zero attached hydrogens (tertiary/aromatic N) is 2. The Morgan fingerprint density at radius 1 is 0.935 bits per heavy atom. The minimum absolute atomic E-state index is 0.0196. The van der Waals surface area contributed by atoms with Gasteiger partial charge in [-0.15, -0.1) is 0 Å². The molecule has 2 aliphatic rings. The first-order valence-electron chi connectivity index (χ1n) is 10.7. The summed E-state index contributed by atoms with van der Waals surface area (Å²) in [6.45, 7) is 3.96. The number of rotatable bonds is 5. The fourth-order valence-corrected chi connectivity index (χ4v) is 4.27. The molecule has 7 heteroatoms. The van der Waals surface area contributed by atoms with Gasteiger partial charge in [0.05, 0.1) is 18.8 Å². The zero-order chi connectivity index (χ0) is 21.6. The number of ether oxygens (including phenoxy) is 2. The Labute approximate surface area is 187 Å². The zero-order valence-corrected chi connectivity index (χ0v) is 18.2. The lowest BCUT2D eigenvalue weighted by atomic mass is 9.94. The average molecular weight is 443 g/mol. The third kappa shape index (κ3) is 5.20. The maximum absolute atomic E-state index is 13.2. The van der Waals surface area contributed by atoms with E-state index in [0.29, 0.717) is 75.2 Å². The molecule has 2 heterocycles. The van der Waals surface area contributed by atoms with Crippen LogP contribution in [0.15, 0.2) is 48.5 Å². The average Bonchev–Trinajstić information content (AvgIpc) is 2.83. The minimum Gasteiger partial charge on any atom is -0.488 e. The monoisotopic (exact) mass is 442 g/mol. The summed E-state index contributed by atoms with van der Waals surface area (Å²) >= 11 is 6.22. The molecule has 0 aliphatic carbocycles. The first-order chi connectivity index (χ1) is 15.1. The molecule has 2 amide bonds. The summed E-state index contributed by atoms with van der Waals surface area (Å²) in [6, 6.07) is 14.8. The van der Waals surface area contributed by atoms with Crippen molar-refractivity contribution in [3.05, 3.63) is 64.7 Å². The summed E-state index contributed by atoms with van der Waals surface area (Å²) in [4.78, 5) is 29.6. The van der Waals surface area contributed by atoms with Crippen molar-refractivity contribution < 1.29 is 19.1 Å². The second-order valence-corrected chi connectivity index (χ2v) is 8.29. The molecule has 164 valence electrons. The highest BCUT2D eigenvalue weighted by atomic mass is 35.5. The predicted octanol–water partition coefficient (Wildman–Crippen LogP) is 3.63. The van der Waals surface area contributed by atoms with E-state index in [1.54, 1.807) is 12.1 Å². The van der Waals surface area contributed by atoms with Crippen molar-refractivity contribution in [3.63, 3.8) is 0 Å². The zero-order valence-electron chi connectivity index (χ0n) is 17.5. The van der Waals surface area contributed by atoms with Crippen molar-refractivity contribution in [1.82, 2.24) is 9.80 Å². The van der Waals surface area contributed by atoms with Gasteiger partial charge in [-0.05, 0) is 31.0 Å². The van der Waals surface area contributed by atoms with Crippen molar-refractivity contribution in [3.8, 4) is 5.75 Å². The van der Waals surface area contributed by atoms with Crippen molar-refractivity contribution in [2.75, 3.05) is 39.4 Å². The Morgan fingerprint density at radius 2 is 1.61 bits per heavy atom. The fourth-order valence-electron chi connectivity index (χ4n) is 4.08. The van der Waals surface area contributed by atoms with E-state index in [2.05, 4.69) is 0 Å². The van der Waals surface area contributed by atoms with Crippen molar-refractivity contribution in [1.29, 1.82) is 0 Å². The lowest BCUT2D eigenvalue weighted by molar-refractivity contribution is -0.141. The summed E-state index contributed by atoms with van der Waals surface area (Å²) in [5, 5.41) is 0.637. The van der Waals surface area contributed by atoms with Crippen LogP contribution in [0.4, 0.5) is 0 Å². The van der Waals surface area contributed by atoms with Gasteiger partial charge in [0.25, 0.3) is 5.91 Å². The number of likely N-dealkylation sites (tertiary alicyclic amines) is 1. The van der Waals surface area contributed by atoms with Gasteiger partial charge in [0.15, 0.2) is 0 Å². The lowest BCUT2D eigenvalue weighted by Crippen LogP contribution is -2.47. The molecule has 2 fully saturated rings. The first-order valence-corrected chi connectivity index (χ1v) is 11.1. The highest BCUT2D eigenvalue weighted by Gasteiger charge is 2.31. The van der Waals surface area contributed by atoms with Crippen molar-refractivity contribution in [2.45, 2.75) is 19.4 Å². The number of amides is 2. The van der Waals surface area contributed by atoms with E-state index < -0.39 is 0 Å². The number of benzene rings is 2. The SMILES string of the molecule is O=C(c1ccccc1OCc1ccccc1Cl)N1CCC(C(=O)N2CCOCC2)CC1. The number of piperidine rings is 1. The van der Waals surface area contributed by atoms with Gasteiger partial charge in [-0.3, -0.25) is 9.59 Å². The van der Waals surface area contributed by atoms with Gasteiger partial charge in [0, 0.05) is 42.7 Å². The van der Waals surface area contributed by atoms with Gasteiger partial charge >= 0.3 is 0 Å². The summed E-state index contributed by atoms with van der Waals surface area (Å²) in [5.74, 6) is 0.652. The topological polar surface area (TPSA) is 59.1 Å². The summed E-state index contributed by atoms with van der Waals surface area (Å²) in [7, 11) is 0. The Balaban J connectivity index is 1.37. The molecule has 0 aromatic heterocycles. The number of morpholine rings is 1. The molecule has 2 aliphatic heterocycles. The highest BCUT2D eigenvalue weighted by molar-refractivity contribution is 6.31. The molecule has 0 saturated carbocycles. The van der Waals surface area contributed by atoms with Gasteiger partial charge in [-0.25, -0.2) is 0 Å². The van der Waals surface area contributed by atoms with Gasteiger partial charge < -0.3 is 19.3 Å². The summed E-state index contributed by atoms with van der Waals surface area (Å²) in [5.41, 5.74) is 1.40. The van der Waals surface area contributed by atoms with E-state index in [1.807, 2.05) is 46.2 Å². The number of hydrogen-bond donors (Lipinski definition) is 0. The van der Waals surface area contributed by atoms with E-state index >= 15 is 0 Å². The van der Waals surface area contributed by atoms with Crippen LogP contribution in [0, 0.1) is 5.92 Å². The molecule has 0 unspecified atom stereocenters. The van der Waals surface area contributed by atoms with E-state index in [9.17, 15) is 9.59 Å². The van der Waals surface area contributed by atoms with Crippen LogP contribution in [-0.2, 0) is 16.1 Å². The molecular weight excluding hydrogens is 416 g/mol. The van der Waals surface area contributed by atoms with Crippen LogP contribution in [0.3, 0.4) is 0 Å². The molecule has 2 aromatic rings. The second kappa shape index (κ2) is 10.2. The van der Waals surface area contributed by atoms with Crippen LogP contribution in [0.1, 0.15) is 28.8 Å². The summed E-state index contributed by atoms with van der Waals surface area (Å²) in [6.07, 6.45) is 1.37. The molecule has 31 heavy (non-hydrogen) atoms. The third-order valence-corrected chi connectivity index (χ3v) is 6.28. The lowest BCUT2D eigenvalue weighted by Gasteiger charge is -2.35. The predicted molar refractivity (Wildman–Crippen MR) is 118 cm³/mol. The molecule has 0 radical (unpaired) electrons. The van der Waals surface area contributed by atoms with E-state index in [0.717, 1.165) is 5.56 Å². The molecule has 4 rings (SSSR count). The van der Waals surface area contributed by atoms with Crippen LogP contribution in [0.2, 0.25) is 5.02 Å². The number of carbonyl (C=O) groups is 2.